The maximum absolute atomic E-state index is 12.5. The zero-order valence-corrected chi connectivity index (χ0v) is 20.7. The molecule has 180 valence electrons. The van der Waals surface area contributed by atoms with E-state index in [-0.39, 0.29) is 12.6 Å². The lowest BCUT2D eigenvalue weighted by Gasteiger charge is -2.38. The van der Waals surface area contributed by atoms with Crippen molar-refractivity contribution in [2.24, 2.45) is 0 Å². The van der Waals surface area contributed by atoms with Crippen LogP contribution in [0, 0.1) is 6.92 Å². The number of carbonyl (C=O) groups is 1. The van der Waals surface area contributed by atoms with Gasteiger partial charge in [-0.15, -0.1) is 0 Å². The molecule has 1 aliphatic heterocycles. The second-order valence-electron chi connectivity index (χ2n) is 7.61. The standard InChI is InChI=1S/C19H28N2O4S.C4H9NO/c1-5-16(3)26(23,24)21-10-8-18(9-11-21)20(4)19-7-6-15(2)12-17(19)13-25-14-22;1-3-4-5-6-2/h5-7,12,14,18H,8-11,13H2,1-4H3;3,5H,1,4H2,2H3/p+1/b16-5-;. The van der Waals surface area contributed by atoms with Crippen molar-refractivity contribution in [1.29, 1.82) is 0 Å². The highest BCUT2D eigenvalue weighted by Gasteiger charge is 2.31. The number of sulfonamides is 1. The van der Waals surface area contributed by atoms with Crippen molar-refractivity contribution in [2.45, 2.75) is 46.3 Å². The molecule has 1 heterocycles. The minimum Gasteiger partial charge on any atom is -0.463 e. The van der Waals surface area contributed by atoms with Crippen LogP contribution < -0.4 is 10.4 Å². The molecule has 1 aliphatic rings. The van der Waals surface area contributed by atoms with Gasteiger partial charge in [0.05, 0.1) is 12.0 Å². The lowest BCUT2D eigenvalue weighted by Crippen LogP contribution is -2.82. The van der Waals surface area contributed by atoms with Crippen LogP contribution in [0.1, 0.15) is 37.8 Å². The molecule has 0 spiro atoms. The summed E-state index contributed by atoms with van der Waals surface area (Å²) < 4.78 is 31.5. The number of nitrogens with zero attached hydrogens (tertiary/aromatic N) is 2. The van der Waals surface area contributed by atoms with Crippen molar-refractivity contribution in [3.63, 3.8) is 0 Å². The van der Waals surface area contributed by atoms with Crippen LogP contribution in [0.4, 0.5) is 5.69 Å². The molecular weight excluding hydrogens is 430 g/mol. The lowest BCUT2D eigenvalue weighted by atomic mass is 10.0. The third-order valence-electron chi connectivity index (χ3n) is 5.48. The Hall–Kier alpha value is -2.20. The van der Waals surface area contributed by atoms with Gasteiger partial charge in [-0.3, -0.25) is 4.79 Å². The Kier molecular flexibility index (Phi) is 12.2. The molecule has 0 aliphatic carbocycles. The summed E-state index contributed by atoms with van der Waals surface area (Å²) in [5.74, 6) is 0. The van der Waals surface area contributed by atoms with Crippen molar-refractivity contribution in [2.75, 3.05) is 38.7 Å². The molecule has 0 amide bonds. The number of nitrogens with two attached hydrogens (primary N) is 1. The number of hydrogen-bond acceptors (Lipinski definition) is 6. The molecule has 1 fully saturated rings. The summed E-state index contributed by atoms with van der Waals surface area (Å²) in [5, 5.41) is 0. The summed E-state index contributed by atoms with van der Waals surface area (Å²) in [6.45, 7) is 11.4. The molecule has 2 rings (SSSR count). The molecule has 0 saturated carbocycles. The third kappa shape index (κ3) is 8.05. The smallest absolute Gasteiger partial charge is 0.293 e. The molecule has 0 bridgehead atoms. The van der Waals surface area contributed by atoms with E-state index in [1.165, 1.54) is 0 Å². The first-order chi connectivity index (χ1) is 15.2. The number of quaternary nitrogens is 1. The Balaban J connectivity index is 0.000000751. The Morgan fingerprint density at radius 1 is 1.34 bits per heavy atom. The molecule has 8 nitrogen and oxygen atoms in total. The van der Waals surface area contributed by atoms with E-state index in [9.17, 15) is 13.2 Å². The first kappa shape index (κ1) is 27.8. The molecule has 1 aromatic rings. The largest absolute Gasteiger partial charge is 0.463 e. The van der Waals surface area contributed by atoms with E-state index < -0.39 is 10.0 Å². The summed E-state index contributed by atoms with van der Waals surface area (Å²) in [6.07, 6.45) is 4.94. The maximum atomic E-state index is 12.5. The van der Waals surface area contributed by atoms with Crippen LogP contribution in [0.2, 0.25) is 0 Å². The molecular formula is C23H38N3O5S+. The van der Waals surface area contributed by atoms with Gasteiger partial charge in [-0.1, -0.05) is 30.4 Å². The topological polar surface area (TPSA) is 92.8 Å². The van der Waals surface area contributed by atoms with Gasteiger partial charge in [-0.25, -0.2) is 13.3 Å². The minimum absolute atomic E-state index is 0.235. The summed E-state index contributed by atoms with van der Waals surface area (Å²) in [5.41, 5.74) is 4.77. The second kappa shape index (κ2) is 14.1. The van der Waals surface area contributed by atoms with Crippen molar-refractivity contribution < 1.29 is 28.3 Å². The molecule has 0 atom stereocenters. The fourth-order valence-corrected chi connectivity index (χ4v) is 4.88. The molecule has 0 aromatic heterocycles. The molecule has 0 unspecified atom stereocenters. The molecule has 0 radical (unpaired) electrons. The summed E-state index contributed by atoms with van der Waals surface area (Å²) in [4.78, 5) is 17.7. The van der Waals surface area contributed by atoms with Gasteiger partial charge in [0.1, 0.15) is 13.2 Å². The second-order valence-corrected chi connectivity index (χ2v) is 9.72. The molecule has 1 aromatic carbocycles. The van der Waals surface area contributed by atoms with Gasteiger partial charge in [0, 0.05) is 37.4 Å². The van der Waals surface area contributed by atoms with Crippen molar-refractivity contribution in [1.82, 2.24) is 4.31 Å². The van der Waals surface area contributed by atoms with E-state index in [1.54, 1.807) is 42.9 Å². The Bertz CT molecular complexity index is 862. The average Bonchev–Trinajstić information content (AvgIpc) is 2.80. The number of hydroxylamine groups is 1. The lowest BCUT2D eigenvalue weighted by molar-refractivity contribution is -0.884. The highest BCUT2D eigenvalue weighted by Crippen LogP contribution is 2.28. The number of hydrogen-bond donors (Lipinski definition) is 1. The zero-order valence-electron chi connectivity index (χ0n) is 19.9. The van der Waals surface area contributed by atoms with E-state index >= 15 is 0 Å². The predicted molar refractivity (Wildman–Crippen MR) is 127 cm³/mol. The first-order valence-electron chi connectivity index (χ1n) is 10.7. The van der Waals surface area contributed by atoms with Crippen LogP contribution in [0.25, 0.3) is 0 Å². The van der Waals surface area contributed by atoms with Crippen LogP contribution in [-0.2, 0) is 31.0 Å². The number of rotatable bonds is 10. The zero-order chi connectivity index (χ0) is 24.1. The molecule has 32 heavy (non-hydrogen) atoms. The third-order valence-corrected chi connectivity index (χ3v) is 7.57. The van der Waals surface area contributed by atoms with Gasteiger partial charge >= 0.3 is 0 Å². The number of allylic oxidation sites excluding steroid dienone is 2. The number of ether oxygens (including phenoxy) is 1. The fraction of sp³-hybridized carbons (Fsp3) is 0.522. The maximum Gasteiger partial charge on any atom is 0.293 e. The SMILES string of the molecule is C/C=C(/C)S(=O)(=O)N1CCC(N(C)c2ccc(C)cc2COC=O)CC1.C=CC[NH2+]OC. The fourth-order valence-electron chi connectivity index (χ4n) is 3.48. The Morgan fingerprint density at radius 3 is 2.50 bits per heavy atom. The monoisotopic (exact) mass is 468 g/mol. The first-order valence-corrected chi connectivity index (χ1v) is 12.1. The number of piperidine rings is 1. The quantitative estimate of drug-likeness (QED) is 0.245. The minimum atomic E-state index is -3.33. The van der Waals surface area contributed by atoms with Crippen LogP contribution in [0.15, 0.2) is 41.8 Å². The van der Waals surface area contributed by atoms with Gasteiger partial charge in [0.15, 0.2) is 0 Å². The predicted octanol–water partition coefficient (Wildman–Crippen LogP) is 2.12. The van der Waals surface area contributed by atoms with E-state index in [0.717, 1.165) is 36.2 Å². The number of aryl methyl sites for hydroxylation is 1. The molecule has 9 heteroatoms. The number of carbonyl (C=O) groups excluding carboxylic acids is 1. The van der Waals surface area contributed by atoms with Crippen molar-refractivity contribution in [3.05, 3.63) is 53.0 Å². The van der Waals surface area contributed by atoms with Gasteiger partial charge in [0.25, 0.3) is 6.47 Å². The normalized spacial score (nSPS) is 15.5. The van der Waals surface area contributed by atoms with E-state index in [4.69, 9.17) is 4.74 Å². The van der Waals surface area contributed by atoms with Crippen LogP contribution >= 0.6 is 0 Å². The molecule has 1 saturated heterocycles. The van der Waals surface area contributed by atoms with E-state index in [2.05, 4.69) is 16.3 Å². The van der Waals surface area contributed by atoms with Gasteiger partial charge in [-0.2, -0.15) is 9.79 Å². The van der Waals surface area contributed by atoms with Gasteiger partial charge in [-0.05, 0) is 45.8 Å². The van der Waals surface area contributed by atoms with Crippen LogP contribution in [0.5, 0.6) is 0 Å². The summed E-state index contributed by atoms with van der Waals surface area (Å²) in [7, 11) is 0.309. The van der Waals surface area contributed by atoms with E-state index in [1.807, 2.05) is 32.2 Å². The van der Waals surface area contributed by atoms with E-state index in [0.29, 0.717) is 24.5 Å². The van der Waals surface area contributed by atoms with Gasteiger partial charge < -0.3 is 9.64 Å². The van der Waals surface area contributed by atoms with Crippen molar-refractivity contribution >= 4 is 22.2 Å². The van der Waals surface area contributed by atoms with Crippen molar-refractivity contribution in [3.8, 4) is 0 Å². The van der Waals surface area contributed by atoms with Crippen LogP contribution in [0.3, 0.4) is 0 Å². The number of anilines is 1. The highest BCUT2D eigenvalue weighted by atomic mass is 32.2. The highest BCUT2D eigenvalue weighted by molar-refractivity contribution is 7.93. The van der Waals surface area contributed by atoms with Crippen LogP contribution in [-0.4, -0.2) is 59.0 Å². The Morgan fingerprint density at radius 2 is 2.00 bits per heavy atom. The average molecular weight is 469 g/mol. The van der Waals surface area contributed by atoms with Gasteiger partial charge in [0.2, 0.25) is 10.0 Å². The summed E-state index contributed by atoms with van der Waals surface area (Å²) >= 11 is 0. The summed E-state index contributed by atoms with van der Waals surface area (Å²) in [6, 6.07) is 6.33. The number of benzene rings is 1. The molecule has 2 N–H and O–H groups in total. The Labute approximate surface area is 192 Å².